The molecule has 1 aliphatic rings. The maximum atomic E-state index is 5.83. The number of ether oxygens (including phenoxy) is 1. The summed E-state index contributed by atoms with van der Waals surface area (Å²) in [7, 11) is 0. The predicted octanol–water partition coefficient (Wildman–Crippen LogP) is 2.71. The lowest BCUT2D eigenvalue weighted by atomic mass is 10.0. The van der Waals surface area contributed by atoms with Gasteiger partial charge in [-0.1, -0.05) is 25.6 Å². The molecule has 1 fully saturated rings. The Morgan fingerprint density at radius 3 is 2.81 bits per heavy atom. The predicted molar refractivity (Wildman–Crippen MR) is 113 cm³/mol. The number of hydrogen-bond donors (Lipinski definition) is 2. The van der Waals surface area contributed by atoms with Gasteiger partial charge >= 0.3 is 0 Å². The lowest BCUT2D eigenvalue weighted by Gasteiger charge is -2.21. The lowest BCUT2D eigenvalue weighted by Crippen LogP contribution is -2.39. The van der Waals surface area contributed by atoms with Crippen molar-refractivity contribution in [3.63, 3.8) is 0 Å². The Labute approximate surface area is 168 Å². The van der Waals surface area contributed by atoms with Crippen molar-refractivity contribution in [3.05, 3.63) is 5.82 Å². The Hall–Kier alpha value is -1.28. The second-order valence-corrected chi connectivity index (χ2v) is 8.51. The molecule has 7 nitrogen and oxygen atoms in total. The monoisotopic (exact) mass is 396 g/mol. The van der Waals surface area contributed by atoms with E-state index in [0.717, 1.165) is 68.9 Å². The van der Waals surface area contributed by atoms with Gasteiger partial charge in [-0.05, 0) is 45.3 Å². The summed E-state index contributed by atoms with van der Waals surface area (Å²) in [5.41, 5.74) is -0.107. The van der Waals surface area contributed by atoms with Crippen LogP contribution in [0.1, 0.15) is 52.8 Å². The number of nitrogens with one attached hydrogen (secondary N) is 2. The summed E-state index contributed by atoms with van der Waals surface area (Å²) in [4.78, 5) is 4.72. The smallest absolute Gasteiger partial charge is 0.191 e. The number of thioether (sulfide) groups is 1. The van der Waals surface area contributed by atoms with Crippen LogP contribution in [0.15, 0.2) is 10.1 Å². The molecule has 0 aromatic carbocycles. The van der Waals surface area contributed by atoms with Gasteiger partial charge < -0.3 is 19.9 Å². The fourth-order valence-electron chi connectivity index (χ4n) is 3.21. The Kier molecular flexibility index (Phi) is 8.89. The Bertz CT molecular complexity index is 595. The molecule has 0 saturated carbocycles. The molecule has 2 heterocycles. The third-order valence-electron chi connectivity index (χ3n) is 4.61. The number of nitrogens with zero attached hydrogens (tertiary/aromatic N) is 4. The van der Waals surface area contributed by atoms with Crippen LogP contribution in [-0.4, -0.2) is 58.8 Å². The third-order valence-corrected chi connectivity index (χ3v) is 5.28. The Morgan fingerprint density at radius 2 is 2.19 bits per heavy atom. The first kappa shape index (κ1) is 22.0. The van der Waals surface area contributed by atoms with Crippen molar-refractivity contribution in [3.8, 4) is 0 Å². The van der Waals surface area contributed by atoms with Gasteiger partial charge in [-0.15, -0.1) is 10.2 Å². The minimum Gasteiger partial charge on any atom is -0.373 e. The number of guanidine groups is 1. The van der Waals surface area contributed by atoms with Crippen molar-refractivity contribution in [1.29, 1.82) is 0 Å². The second-order valence-electron chi connectivity index (χ2n) is 7.73. The molecule has 1 saturated heterocycles. The first-order valence-electron chi connectivity index (χ1n) is 10.1. The van der Waals surface area contributed by atoms with Crippen molar-refractivity contribution >= 4 is 17.7 Å². The van der Waals surface area contributed by atoms with Gasteiger partial charge in [0.2, 0.25) is 0 Å². The molecule has 1 atom stereocenters. The fourth-order valence-corrected chi connectivity index (χ4v) is 3.73. The summed E-state index contributed by atoms with van der Waals surface area (Å²) in [5, 5.41) is 16.5. The molecule has 0 bridgehead atoms. The summed E-state index contributed by atoms with van der Waals surface area (Å²) in [6.45, 7) is 12.9. The second kappa shape index (κ2) is 10.9. The van der Waals surface area contributed by atoms with Crippen molar-refractivity contribution in [2.24, 2.45) is 10.9 Å². The Morgan fingerprint density at radius 1 is 1.37 bits per heavy atom. The van der Waals surface area contributed by atoms with E-state index in [1.54, 1.807) is 11.8 Å². The van der Waals surface area contributed by atoms with E-state index < -0.39 is 0 Å². The zero-order valence-electron chi connectivity index (χ0n) is 17.5. The van der Waals surface area contributed by atoms with Crippen LogP contribution in [-0.2, 0) is 17.7 Å². The summed E-state index contributed by atoms with van der Waals surface area (Å²) in [6.07, 6.45) is 6.17. The zero-order chi connectivity index (χ0) is 19.7. The number of aliphatic imine (C=N–C) groups is 1. The van der Waals surface area contributed by atoms with E-state index in [1.807, 2.05) is 0 Å². The highest BCUT2D eigenvalue weighted by Gasteiger charge is 2.29. The minimum absolute atomic E-state index is 0.107. The van der Waals surface area contributed by atoms with Gasteiger partial charge in [0, 0.05) is 32.7 Å². The number of aryl methyl sites for hydroxylation is 1. The maximum absolute atomic E-state index is 5.83. The molecule has 1 aromatic heterocycles. The van der Waals surface area contributed by atoms with E-state index in [4.69, 9.17) is 9.73 Å². The van der Waals surface area contributed by atoms with Crippen LogP contribution in [0.5, 0.6) is 0 Å². The van der Waals surface area contributed by atoms with Gasteiger partial charge in [-0.2, -0.15) is 0 Å². The molecule has 0 radical (unpaired) electrons. The first-order chi connectivity index (χ1) is 13.0. The molecule has 1 unspecified atom stereocenters. The molecule has 154 valence electrons. The molecular weight excluding hydrogens is 360 g/mol. The zero-order valence-corrected chi connectivity index (χ0v) is 18.4. The highest BCUT2D eigenvalue weighted by atomic mass is 32.2. The molecule has 0 aliphatic carbocycles. The van der Waals surface area contributed by atoms with Crippen LogP contribution in [0.25, 0.3) is 0 Å². The fraction of sp³-hybridized carbons (Fsp3) is 0.842. The number of hydrogen-bond acceptors (Lipinski definition) is 5. The molecule has 0 spiro atoms. The molecule has 2 rings (SSSR count). The van der Waals surface area contributed by atoms with Crippen LogP contribution < -0.4 is 10.6 Å². The first-order valence-corrected chi connectivity index (χ1v) is 11.3. The quantitative estimate of drug-likeness (QED) is 0.274. The van der Waals surface area contributed by atoms with Crippen LogP contribution >= 0.6 is 11.8 Å². The van der Waals surface area contributed by atoms with E-state index in [9.17, 15) is 0 Å². The number of rotatable bonds is 10. The Balaban J connectivity index is 1.84. The standard InChI is InChI=1S/C19H36N6OS/c1-6-20-17(22-14-19(4)10-8-12-26-19)21-11-7-9-16-23-24-18(27-5)25(16)13-15(2)3/h15H,6-14H2,1-5H3,(H2,20,21,22). The lowest BCUT2D eigenvalue weighted by molar-refractivity contribution is 0.0283. The molecule has 8 heteroatoms. The SMILES string of the molecule is CCNC(=NCC1(C)CCCO1)NCCCc1nnc(SC)n1CC(C)C. The van der Waals surface area contributed by atoms with E-state index in [-0.39, 0.29) is 5.60 Å². The average Bonchev–Trinajstić information content (AvgIpc) is 3.23. The molecule has 1 aliphatic heterocycles. The van der Waals surface area contributed by atoms with Crippen molar-refractivity contribution < 1.29 is 4.74 Å². The molecule has 27 heavy (non-hydrogen) atoms. The van der Waals surface area contributed by atoms with Crippen LogP contribution in [0, 0.1) is 5.92 Å². The summed E-state index contributed by atoms with van der Waals surface area (Å²) >= 11 is 1.66. The van der Waals surface area contributed by atoms with Gasteiger partial charge in [-0.3, -0.25) is 4.99 Å². The van der Waals surface area contributed by atoms with Crippen LogP contribution in [0.4, 0.5) is 0 Å². The van der Waals surface area contributed by atoms with Gasteiger partial charge in [0.1, 0.15) is 5.82 Å². The van der Waals surface area contributed by atoms with Crippen LogP contribution in [0.3, 0.4) is 0 Å². The van der Waals surface area contributed by atoms with E-state index in [0.29, 0.717) is 12.5 Å². The average molecular weight is 397 g/mol. The topological polar surface area (TPSA) is 76.4 Å². The summed E-state index contributed by atoms with van der Waals surface area (Å²) in [5.74, 6) is 2.52. The molecule has 1 aromatic rings. The van der Waals surface area contributed by atoms with Gasteiger partial charge in [0.25, 0.3) is 0 Å². The van der Waals surface area contributed by atoms with E-state index in [1.165, 1.54) is 0 Å². The van der Waals surface area contributed by atoms with Gasteiger partial charge in [0.05, 0.1) is 12.1 Å². The summed E-state index contributed by atoms with van der Waals surface area (Å²) < 4.78 is 8.08. The minimum atomic E-state index is -0.107. The highest BCUT2D eigenvalue weighted by Crippen LogP contribution is 2.25. The van der Waals surface area contributed by atoms with E-state index in [2.05, 4.69) is 59.3 Å². The van der Waals surface area contributed by atoms with Crippen molar-refractivity contribution in [2.45, 2.75) is 70.7 Å². The van der Waals surface area contributed by atoms with Gasteiger partial charge in [0.15, 0.2) is 11.1 Å². The van der Waals surface area contributed by atoms with E-state index >= 15 is 0 Å². The molecule has 2 N–H and O–H groups in total. The van der Waals surface area contributed by atoms with Crippen molar-refractivity contribution in [1.82, 2.24) is 25.4 Å². The normalized spacial score (nSPS) is 20.4. The molecule has 0 amide bonds. The summed E-state index contributed by atoms with van der Waals surface area (Å²) in [6, 6.07) is 0. The largest absolute Gasteiger partial charge is 0.373 e. The third kappa shape index (κ3) is 6.99. The number of aromatic nitrogens is 3. The van der Waals surface area contributed by atoms with Crippen molar-refractivity contribution in [2.75, 3.05) is 32.5 Å². The maximum Gasteiger partial charge on any atom is 0.191 e. The molecular formula is C19H36N6OS. The van der Waals surface area contributed by atoms with Gasteiger partial charge in [-0.25, -0.2) is 0 Å². The van der Waals surface area contributed by atoms with Crippen LogP contribution in [0.2, 0.25) is 0 Å². The highest BCUT2D eigenvalue weighted by molar-refractivity contribution is 7.98.